The van der Waals surface area contributed by atoms with E-state index >= 15 is 0 Å². The van der Waals surface area contributed by atoms with Crippen LogP contribution in [0.4, 0.5) is 0 Å². The Morgan fingerprint density at radius 3 is 1.24 bits per heavy atom. The minimum Gasteiger partial charge on any atom is -0.0728 e. The topological polar surface area (TPSA) is 0 Å². The van der Waals surface area contributed by atoms with E-state index in [1.807, 2.05) is 0 Å². The van der Waals surface area contributed by atoms with Gasteiger partial charge >= 0.3 is 0 Å². The molecule has 0 saturated heterocycles. The van der Waals surface area contributed by atoms with Gasteiger partial charge < -0.3 is 0 Å². The highest BCUT2D eigenvalue weighted by Gasteiger charge is 2.32. The van der Waals surface area contributed by atoms with Gasteiger partial charge in [-0.2, -0.15) is 0 Å². The number of allylic oxidation sites excluding steroid dienone is 2. The molecule has 0 spiro atoms. The standard InChI is InChI=1S/C54H46/c1-35(2)41-25-27-45(37-17-9-5-10-18-37)49-33-47(53(51(49)31-41)39-21-13-7-14-22-39)43-29-44(30-43)48-34-50-46(38-19-11-6-12-20-38)28-26-42(36(3)4)32-52(50)54(48)40-23-15-8-16-24-40/h5-29,31-36,43H,30H2,1-4H3. The summed E-state index contributed by atoms with van der Waals surface area (Å²) in [6.45, 7) is 9.21. The monoisotopic (exact) mass is 694 g/mol. The fraction of sp³-hybridized carbons (Fsp3) is 0.148. The Balaban J connectivity index is 1.26. The Labute approximate surface area is 321 Å². The zero-order valence-electron chi connectivity index (χ0n) is 31.7. The number of hydrogen-bond donors (Lipinski definition) is 0. The molecule has 0 nitrogen and oxygen atoms in total. The molecule has 9 rings (SSSR count). The Kier molecular flexibility index (Phi) is 8.84. The van der Waals surface area contributed by atoms with Gasteiger partial charge in [0.05, 0.1) is 0 Å². The summed E-state index contributed by atoms with van der Waals surface area (Å²) >= 11 is 0. The van der Waals surface area contributed by atoms with Gasteiger partial charge in [0.15, 0.2) is 0 Å². The number of rotatable bonds is 8. The smallest absolute Gasteiger partial charge is 0.00711 e. The van der Waals surface area contributed by atoms with Crippen molar-refractivity contribution in [2.45, 2.75) is 51.9 Å². The van der Waals surface area contributed by atoms with Crippen LogP contribution < -0.4 is 0 Å². The molecule has 262 valence electrons. The van der Waals surface area contributed by atoms with Crippen LogP contribution in [0.2, 0.25) is 0 Å². The van der Waals surface area contributed by atoms with Crippen LogP contribution in [-0.4, -0.2) is 0 Å². The van der Waals surface area contributed by atoms with Crippen LogP contribution >= 0.6 is 0 Å². The van der Waals surface area contributed by atoms with Crippen LogP contribution in [0.5, 0.6) is 0 Å². The van der Waals surface area contributed by atoms with Crippen molar-refractivity contribution in [3.05, 3.63) is 198 Å². The van der Waals surface area contributed by atoms with Crippen LogP contribution in [0.25, 0.3) is 72.3 Å². The first-order chi connectivity index (χ1) is 26.4. The highest BCUT2D eigenvalue weighted by molar-refractivity contribution is 6.03. The first-order valence-corrected chi connectivity index (χ1v) is 19.6. The SMILES string of the molecule is CC(C)c1ccc(-c2ccccc2)c2cc(C3=CC(c4cc5c(-c6ccccc6)ccc(C(C)C)cc-5c4-c4ccccc4)C3)c(-c3ccccc3)c-2c1. The van der Waals surface area contributed by atoms with Crippen molar-refractivity contribution in [3.8, 4) is 66.8 Å². The van der Waals surface area contributed by atoms with Crippen LogP contribution in [0.1, 0.15) is 74.1 Å². The van der Waals surface area contributed by atoms with Gasteiger partial charge in [-0.3, -0.25) is 0 Å². The third-order valence-corrected chi connectivity index (χ3v) is 11.6. The maximum absolute atomic E-state index is 2.57. The molecular weight excluding hydrogens is 649 g/mol. The average molecular weight is 695 g/mol. The van der Waals surface area contributed by atoms with E-state index in [0.717, 1.165) is 6.42 Å². The highest BCUT2D eigenvalue weighted by atomic mass is 14.4. The molecule has 5 aliphatic rings. The molecule has 4 aromatic rings. The van der Waals surface area contributed by atoms with Gasteiger partial charge in [0.1, 0.15) is 0 Å². The second-order valence-corrected chi connectivity index (χ2v) is 15.6. The van der Waals surface area contributed by atoms with Gasteiger partial charge in [-0.05, 0) is 125 Å². The molecule has 0 saturated carbocycles. The molecular formula is C54H46. The van der Waals surface area contributed by atoms with Crippen molar-refractivity contribution in [1.29, 1.82) is 0 Å². The van der Waals surface area contributed by atoms with E-state index < -0.39 is 0 Å². The fourth-order valence-corrected chi connectivity index (χ4v) is 8.57. The minimum absolute atomic E-state index is 0.316. The summed E-state index contributed by atoms with van der Waals surface area (Å²) in [4.78, 5) is 0. The third-order valence-electron chi connectivity index (χ3n) is 11.6. The number of hydrogen-bond acceptors (Lipinski definition) is 0. The van der Waals surface area contributed by atoms with Crippen molar-refractivity contribution in [2.75, 3.05) is 0 Å². The lowest BCUT2D eigenvalue weighted by Gasteiger charge is -2.27. The lowest BCUT2D eigenvalue weighted by molar-refractivity contribution is 0.822. The minimum atomic E-state index is 0.316. The molecule has 1 atom stereocenters. The maximum Gasteiger partial charge on any atom is 0.00711 e. The average Bonchev–Trinajstić information content (AvgIpc) is 3.58. The summed E-state index contributed by atoms with van der Waals surface area (Å²) in [5.41, 5.74) is 22.6. The normalized spacial score (nSPS) is 14.1. The first-order valence-electron chi connectivity index (χ1n) is 19.6. The van der Waals surface area contributed by atoms with E-state index in [0.29, 0.717) is 17.8 Å². The molecule has 0 aliphatic heterocycles. The van der Waals surface area contributed by atoms with Gasteiger partial charge in [0.25, 0.3) is 0 Å². The lowest BCUT2D eigenvalue weighted by Crippen LogP contribution is -2.08. The van der Waals surface area contributed by atoms with Crippen LogP contribution in [-0.2, 0) is 0 Å². The van der Waals surface area contributed by atoms with Crippen molar-refractivity contribution < 1.29 is 0 Å². The van der Waals surface area contributed by atoms with Crippen LogP contribution in [0.15, 0.2) is 176 Å². The zero-order chi connectivity index (χ0) is 36.8. The Hall–Kier alpha value is -5.98. The van der Waals surface area contributed by atoms with E-state index in [2.05, 4.69) is 204 Å². The second-order valence-electron chi connectivity index (χ2n) is 15.6. The van der Waals surface area contributed by atoms with E-state index in [1.54, 1.807) is 0 Å². The summed E-state index contributed by atoms with van der Waals surface area (Å²) in [5, 5.41) is 0. The van der Waals surface area contributed by atoms with E-state index in [-0.39, 0.29) is 0 Å². The lowest BCUT2D eigenvalue weighted by atomic mass is 9.76. The van der Waals surface area contributed by atoms with Crippen molar-refractivity contribution >= 4 is 5.57 Å². The molecule has 4 aromatic carbocycles. The quantitative estimate of drug-likeness (QED) is 0.149. The van der Waals surface area contributed by atoms with Gasteiger partial charge in [-0.15, -0.1) is 0 Å². The fourth-order valence-electron chi connectivity index (χ4n) is 8.57. The Bertz CT molecular complexity index is 2540. The third kappa shape index (κ3) is 6.06. The Morgan fingerprint density at radius 2 is 0.778 bits per heavy atom. The van der Waals surface area contributed by atoms with Gasteiger partial charge in [-0.1, -0.05) is 191 Å². The van der Waals surface area contributed by atoms with Crippen molar-refractivity contribution in [2.24, 2.45) is 0 Å². The van der Waals surface area contributed by atoms with Gasteiger partial charge in [-0.25, -0.2) is 0 Å². The summed E-state index contributed by atoms with van der Waals surface area (Å²) in [6, 6.07) is 63.3. The largest absolute Gasteiger partial charge is 0.0728 e. The summed E-state index contributed by atoms with van der Waals surface area (Å²) in [5.74, 6) is 1.15. The van der Waals surface area contributed by atoms with E-state index in [9.17, 15) is 0 Å². The zero-order valence-corrected chi connectivity index (χ0v) is 31.7. The first kappa shape index (κ1) is 33.8. The van der Waals surface area contributed by atoms with Crippen LogP contribution in [0, 0.1) is 0 Å². The molecule has 54 heavy (non-hydrogen) atoms. The summed E-state index contributed by atoms with van der Waals surface area (Å²) in [6.07, 6.45) is 3.57. The predicted octanol–water partition coefficient (Wildman–Crippen LogP) is 15.4. The van der Waals surface area contributed by atoms with Gasteiger partial charge in [0, 0.05) is 5.92 Å². The van der Waals surface area contributed by atoms with E-state index in [1.165, 1.54) is 94.6 Å². The van der Waals surface area contributed by atoms with Gasteiger partial charge in [0.2, 0.25) is 0 Å². The maximum atomic E-state index is 2.57. The van der Waals surface area contributed by atoms with Crippen LogP contribution in [0.3, 0.4) is 0 Å². The number of benzene rings is 4. The molecule has 0 bridgehead atoms. The molecule has 0 aromatic heterocycles. The summed E-state index contributed by atoms with van der Waals surface area (Å²) in [7, 11) is 0. The number of fused-ring (bicyclic) bond motifs is 2. The molecule has 0 fully saturated rings. The molecule has 0 heterocycles. The molecule has 0 radical (unpaired) electrons. The molecule has 0 heteroatoms. The predicted molar refractivity (Wildman–Crippen MR) is 231 cm³/mol. The second kappa shape index (κ2) is 14.1. The molecule has 0 N–H and O–H groups in total. The molecule has 5 aliphatic carbocycles. The van der Waals surface area contributed by atoms with Crippen molar-refractivity contribution in [1.82, 2.24) is 0 Å². The molecule has 1 unspecified atom stereocenters. The summed E-state index contributed by atoms with van der Waals surface area (Å²) < 4.78 is 0. The van der Waals surface area contributed by atoms with E-state index in [4.69, 9.17) is 0 Å². The Morgan fingerprint density at radius 1 is 0.370 bits per heavy atom. The van der Waals surface area contributed by atoms with Crippen molar-refractivity contribution in [3.63, 3.8) is 0 Å². The molecule has 0 amide bonds. The highest BCUT2D eigenvalue weighted by Crippen LogP contribution is 2.55.